The molecule has 0 spiro atoms. The summed E-state index contributed by atoms with van der Waals surface area (Å²) < 4.78 is 3.88. The number of hydrogen-bond acceptors (Lipinski definition) is 5. The lowest BCUT2D eigenvalue weighted by atomic mass is 9.96. The van der Waals surface area contributed by atoms with Crippen LogP contribution in [0.25, 0.3) is 0 Å². The molecule has 1 fully saturated rings. The predicted octanol–water partition coefficient (Wildman–Crippen LogP) is 1.78. The number of rotatable bonds is 5. The molecule has 1 unspecified atom stereocenters. The maximum atomic E-state index is 12.1. The number of amides is 1. The normalized spacial score (nSPS) is 19.6. The molecule has 1 aromatic heterocycles. The van der Waals surface area contributed by atoms with Gasteiger partial charge in [-0.15, -0.1) is 5.10 Å². The Balaban J connectivity index is 1.79. The van der Waals surface area contributed by atoms with Gasteiger partial charge in [-0.3, -0.25) is 4.79 Å². The highest BCUT2D eigenvalue weighted by Gasteiger charge is 2.19. The van der Waals surface area contributed by atoms with E-state index in [4.69, 9.17) is 0 Å². The molecule has 19 heavy (non-hydrogen) atoms. The molecule has 0 aliphatic carbocycles. The number of nitrogens with zero attached hydrogens (tertiary/aromatic N) is 2. The fourth-order valence-electron chi connectivity index (χ4n) is 2.37. The van der Waals surface area contributed by atoms with E-state index in [-0.39, 0.29) is 11.8 Å². The van der Waals surface area contributed by atoms with E-state index in [9.17, 15) is 4.79 Å². The average molecular weight is 282 g/mol. The smallest absolute Gasteiger partial charge is 0.264 e. The third-order valence-electron chi connectivity index (χ3n) is 3.50. The lowest BCUT2D eigenvalue weighted by Crippen LogP contribution is -2.33. The number of aromatic nitrogens is 2. The first-order valence-electron chi connectivity index (χ1n) is 6.99. The van der Waals surface area contributed by atoms with E-state index < -0.39 is 0 Å². The standard InChI is InChI=1S/C13H22N4OS/c1-9(2)11-12(19-17-16-11)13(18)15-7-5-10-4-3-6-14-8-10/h9-10,14H,3-8H2,1-2H3,(H,15,18). The summed E-state index contributed by atoms with van der Waals surface area (Å²) in [5, 5.41) is 10.4. The van der Waals surface area contributed by atoms with Crippen molar-refractivity contribution in [3.8, 4) is 0 Å². The lowest BCUT2D eigenvalue weighted by molar-refractivity contribution is 0.0953. The SMILES string of the molecule is CC(C)c1nnsc1C(=O)NCCC1CCCNC1. The van der Waals surface area contributed by atoms with Gasteiger partial charge >= 0.3 is 0 Å². The Morgan fingerprint density at radius 1 is 1.58 bits per heavy atom. The van der Waals surface area contributed by atoms with Crippen LogP contribution in [0.5, 0.6) is 0 Å². The van der Waals surface area contributed by atoms with E-state index in [1.165, 1.54) is 24.4 Å². The van der Waals surface area contributed by atoms with Crippen molar-refractivity contribution in [2.24, 2.45) is 5.92 Å². The van der Waals surface area contributed by atoms with Crippen LogP contribution >= 0.6 is 11.5 Å². The Morgan fingerprint density at radius 2 is 2.42 bits per heavy atom. The van der Waals surface area contributed by atoms with Gasteiger partial charge in [0, 0.05) is 6.54 Å². The highest BCUT2D eigenvalue weighted by molar-refractivity contribution is 7.08. The highest BCUT2D eigenvalue weighted by atomic mass is 32.1. The fraction of sp³-hybridized carbons (Fsp3) is 0.769. The van der Waals surface area contributed by atoms with Crippen LogP contribution in [0.1, 0.15) is 54.4 Å². The second-order valence-electron chi connectivity index (χ2n) is 5.40. The quantitative estimate of drug-likeness (QED) is 0.864. The zero-order valence-electron chi connectivity index (χ0n) is 11.6. The van der Waals surface area contributed by atoms with Gasteiger partial charge in [0.05, 0.1) is 5.69 Å². The molecule has 1 amide bonds. The predicted molar refractivity (Wildman–Crippen MR) is 76.5 cm³/mol. The summed E-state index contributed by atoms with van der Waals surface area (Å²) in [5.74, 6) is 0.905. The molecule has 0 radical (unpaired) electrons. The Labute approximate surface area is 118 Å². The average Bonchev–Trinajstić information content (AvgIpc) is 2.89. The molecule has 6 heteroatoms. The molecule has 1 atom stereocenters. The van der Waals surface area contributed by atoms with Gasteiger partial charge in [-0.25, -0.2) is 0 Å². The summed E-state index contributed by atoms with van der Waals surface area (Å²) in [7, 11) is 0. The Hall–Kier alpha value is -1.01. The number of carbonyl (C=O) groups excluding carboxylic acids is 1. The van der Waals surface area contributed by atoms with E-state index in [0.29, 0.717) is 10.8 Å². The molecule has 0 saturated carbocycles. The van der Waals surface area contributed by atoms with Gasteiger partial charge < -0.3 is 10.6 Å². The number of piperidine rings is 1. The molecule has 5 nitrogen and oxygen atoms in total. The first-order chi connectivity index (χ1) is 9.18. The number of hydrogen-bond donors (Lipinski definition) is 2. The van der Waals surface area contributed by atoms with Crippen molar-refractivity contribution in [2.75, 3.05) is 19.6 Å². The summed E-state index contributed by atoms with van der Waals surface area (Å²) in [6.45, 7) is 7.01. The lowest BCUT2D eigenvalue weighted by Gasteiger charge is -2.22. The minimum atomic E-state index is -0.0255. The molecule has 0 bridgehead atoms. The van der Waals surface area contributed by atoms with Gasteiger partial charge in [0.2, 0.25) is 0 Å². The van der Waals surface area contributed by atoms with E-state index in [0.717, 1.165) is 31.7 Å². The van der Waals surface area contributed by atoms with Gasteiger partial charge in [-0.2, -0.15) is 0 Å². The first-order valence-corrected chi connectivity index (χ1v) is 7.77. The third-order valence-corrected chi connectivity index (χ3v) is 4.24. The molecule has 2 N–H and O–H groups in total. The number of carbonyl (C=O) groups is 1. The van der Waals surface area contributed by atoms with Crippen molar-refractivity contribution in [1.29, 1.82) is 0 Å². The molecular weight excluding hydrogens is 260 g/mol. The van der Waals surface area contributed by atoms with Gasteiger partial charge in [0.15, 0.2) is 0 Å². The van der Waals surface area contributed by atoms with Crippen LogP contribution in [0.15, 0.2) is 0 Å². The number of nitrogens with one attached hydrogen (secondary N) is 2. The molecule has 1 saturated heterocycles. The summed E-state index contributed by atoms with van der Waals surface area (Å²) in [6, 6.07) is 0. The van der Waals surface area contributed by atoms with E-state index in [2.05, 4.69) is 20.2 Å². The van der Waals surface area contributed by atoms with Crippen LogP contribution in [0.3, 0.4) is 0 Å². The molecule has 106 valence electrons. The van der Waals surface area contributed by atoms with Crippen LogP contribution in [-0.4, -0.2) is 35.1 Å². The second-order valence-corrected chi connectivity index (χ2v) is 6.15. The maximum Gasteiger partial charge on any atom is 0.264 e. The zero-order valence-corrected chi connectivity index (χ0v) is 12.4. The first kappa shape index (κ1) is 14.4. The van der Waals surface area contributed by atoms with Crippen molar-refractivity contribution in [3.05, 3.63) is 10.6 Å². The minimum absolute atomic E-state index is 0.0255. The van der Waals surface area contributed by atoms with Crippen LogP contribution in [0.4, 0.5) is 0 Å². The summed E-state index contributed by atoms with van der Waals surface area (Å²) >= 11 is 1.19. The Morgan fingerprint density at radius 3 is 3.11 bits per heavy atom. The molecular formula is C13H22N4OS. The molecule has 2 rings (SSSR count). The fourth-order valence-corrected chi connectivity index (χ4v) is 3.11. The molecule has 1 aromatic rings. The van der Waals surface area contributed by atoms with E-state index in [1.807, 2.05) is 13.8 Å². The van der Waals surface area contributed by atoms with Crippen molar-refractivity contribution in [1.82, 2.24) is 20.2 Å². The van der Waals surface area contributed by atoms with Crippen molar-refractivity contribution in [3.63, 3.8) is 0 Å². The van der Waals surface area contributed by atoms with Gasteiger partial charge in [-0.05, 0) is 55.7 Å². The van der Waals surface area contributed by atoms with Crippen LogP contribution in [0, 0.1) is 5.92 Å². The minimum Gasteiger partial charge on any atom is -0.351 e. The van der Waals surface area contributed by atoms with E-state index in [1.54, 1.807) is 0 Å². The topological polar surface area (TPSA) is 66.9 Å². The molecule has 2 heterocycles. The van der Waals surface area contributed by atoms with Crippen molar-refractivity contribution in [2.45, 2.75) is 39.0 Å². The highest BCUT2D eigenvalue weighted by Crippen LogP contribution is 2.19. The summed E-state index contributed by atoms with van der Waals surface area (Å²) in [4.78, 5) is 12.7. The van der Waals surface area contributed by atoms with Gasteiger partial charge in [0.25, 0.3) is 5.91 Å². The second kappa shape index (κ2) is 6.96. The molecule has 1 aliphatic heterocycles. The Bertz CT molecular complexity index is 413. The van der Waals surface area contributed by atoms with Crippen LogP contribution in [0.2, 0.25) is 0 Å². The van der Waals surface area contributed by atoms with Gasteiger partial charge in [-0.1, -0.05) is 18.3 Å². The zero-order chi connectivity index (χ0) is 13.7. The monoisotopic (exact) mass is 282 g/mol. The maximum absolute atomic E-state index is 12.1. The largest absolute Gasteiger partial charge is 0.351 e. The van der Waals surface area contributed by atoms with Crippen molar-refractivity contribution < 1.29 is 4.79 Å². The van der Waals surface area contributed by atoms with Crippen LogP contribution < -0.4 is 10.6 Å². The molecule has 1 aliphatic rings. The Kier molecular flexibility index (Phi) is 5.27. The molecule has 0 aromatic carbocycles. The third kappa shape index (κ3) is 3.98. The summed E-state index contributed by atoms with van der Waals surface area (Å²) in [5.41, 5.74) is 0.807. The van der Waals surface area contributed by atoms with Crippen molar-refractivity contribution >= 4 is 17.4 Å². The summed E-state index contributed by atoms with van der Waals surface area (Å²) in [6.07, 6.45) is 3.55. The van der Waals surface area contributed by atoms with Crippen LogP contribution in [-0.2, 0) is 0 Å². The van der Waals surface area contributed by atoms with Gasteiger partial charge in [0.1, 0.15) is 4.88 Å². The van der Waals surface area contributed by atoms with E-state index >= 15 is 0 Å².